The van der Waals surface area contributed by atoms with Crippen molar-refractivity contribution < 1.29 is 4.74 Å². The number of hydrogen-bond acceptors (Lipinski definition) is 4. The van der Waals surface area contributed by atoms with Gasteiger partial charge in [0.1, 0.15) is 17.4 Å². The van der Waals surface area contributed by atoms with E-state index >= 15 is 0 Å². The highest BCUT2D eigenvalue weighted by Gasteiger charge is 2.38. The average Bonchev–Trinajstić information content (AvgIpc) is 2.73. The van der Waals surface area contributed by atoms with Gasteiger partial charge in [0.05, 0.1) is 5.92 Å². The summed E-state index contributed by atoms with van der Waals surface area (Å²) in [6.07, 6.45) is 2.08. The number of nitriles is 1. The van der Waals surface area contributed by atoms with E-state index in [4.69, 9.17) is 33.7 Å². The van der Waals surface area contributed by atoms with Crippen molar-refractivity contribution in [3.63, 3.8) is 0 Å². The molecule has 0 amide bonds. The zero-order chi connectivity index (χ0) is 22.1. The summed E-state index contributed by atoms with van der Waals surface area (Å²) in [7, 11) is 0. The summed E-state index contributed by atoms with van der Waals surface area (Å²) in [5.74, 6) is 0.566. The van der Waals surface area contributed by atoms with E-state index in [0.717, 1.165) is 28.0 Å². The minimum Gasteiger partial charge on any atom is -0.440 e. The van der Waals surface area contributed by atoms with E-state index in [0.29, 0.717) is 34.7 Å². The van der Waals surface area contributed by atoms with Crippen LogP contribution in [0.4, 0.5) is 0 Å². The number of rotatable bonds is 3. The zero-order valence-electron chi connectivity index (χ0n) is 17.4. The van der Waals surface area contributed by atoms with E-state index in [1.807, 2.05) is 48.5 Å². The van der Waals surface area contributed by atoms with Crippen molar-refractivity contribution in [3.8, 4) is 6.07 Å². The summed E-state index contributed by atoms with van der Waals surface area (Å²) >= 11 is 12.5. The van der Waals surface area contributed by atoms with Crippen LogP contribution < -0.4 is 5.73 Å². The Morgan fingerprint density at radius 3 is 2.48 bits per heavy atom. The smallest absolute Gasteiger partial charge is 0.205 e. The van der Waals surface area contributed by atoms with Gasteiger partial charge in [0.15, 0.2) is 0 Å². The molecule has 2 aliphatic heterocycles. The summed E-state index contributed by atoms with van der Waals surface area (Å²) in [6, 6.07) is 17.9. The third-order valence-electron chi connectivity index (χ3n) is 5.67. The Morgan fingerprint density at radius 1 is 1.13 bits per heavy atom. The van der Waals surface area contributed by atoms with Gasteiger partial charge >= 0.3 is 0 Å². The Balaban J connectivity index is 1.90. The Labute approximate surface area is 192 Å². The van der Waals surface area contributed by atoms with E-state index in [2.05, 4.69) is 30.9 Å². The minimum atomic E-state index is -0.309. The summed E-state index contributed by atoms with van der Waals surface area (Å²) in [4.78, 5) is 2.35. The fourth-order valence-corrected chi connectivity index (χ4v) is 4.52. The lowest BCUT2D eigenvalue weighted by atomic mass is 9.80. The average molecular weight is 452 g/mol. The second-order valence-corrected chi connectivity index (χ2v) is 8.93. The largest absolute Gasteiger partial charge is 0.440 e. The Morgan fingerprint density at radius 2 is 1.84 bits per heavy atom. The molecule has 0 aliphatic carbocycles. The quantitative estimate of drug-likeness (QED) is 0.634. The molecule has 31 heavy (non-hydrogen) atoms. The normalized spacial score (nSPS) is 20.6. The molecule has 0 saturated carbocycles. The second kappa shape index (κ2) is 8.80. The third-order valence-corrected chi connectivity index (χ3v) is 6.14. The first-order valence-electron chi connectivity index (χ1n) is 10.1. The van der Waals surface area contributed by atoms with Gasteiger partial charge in [-0.1, -0.05) is 47.5 Å². The van der Waals surface area contributed by atoms with Gasteiger partial charge in [-0.2, -0.15) is 5.26 Å². The predicted molar refractivity (Wildman–Crippen MR) is 125 cm³/mol. The lowest BCUT2D eigenvalue weighted by Crippen LogP contribution is -2.41. The minimum absolute atomic E-state index is 0.140. The summed E-state index contributed by atoms with van der Waals surface area (Å²) in [5, 5.41) is 11.2. The number of benzene rings is 2. The van der Waals surface area contributed by atoms with Gasteiger partial charge < -0.3 is 10.5 Å². The van der Waals surface area contributed by atoms with Gasteiger partial charge in [0.2, 0.25) is 5.88 Å². The molecule has 0 bridgehead atoms. The molecule has 2 aromatic rings. The molecule has 2 aromatic carbocycles. The topological polar surface area (TPSA) is 62.3 Å². The number of nitrogens with zero attached hydrogens (tertiary/aromatic N) is 2. The first kappa shape index (κ1) is 21.5. The molecule has 0 saturated heterocycles. The fraction of sp³-hybridized carbons (Fsp3) is 0.240. The number of halogens is 2. The van der Waals surface area contributed by atoms with Gasteiger partial charge in [0, 0.05) is 34.7 Å². The van der Waals surface area contributed by atoms with Crippen molar-refractivity contribution in [2.75, 3.05) is 13.1 Å². The van der Waals surface area contributed by atoms with E-state index < -0.39 is 0 Å². The highest BCUT2D eigenvalue weighted by atomic mass is 35.5. The summed E-state index contributed by atoms with van der Waals surface area (Å²) in [5.41, 5.74) is 10.6. The summed E-state index contributed by atoms with van der Waals surface area (Å²) in [6.45, 7) is 5.71. The van der Waals surface area contributed by atoms with Crippen LogP contribution in [0.15, 0.2) is 76.9 Å². The van der Waals surface area contributed by atoms with Gasteiger partial charge in [-0.15, -0.1) is 0 Å². The van der Waals surface area contributed by atoms with Crippen LogP contribution in [0.3, 0.4) is 0 Å². The number of ether oxygens (including phenoxy) is 1. The lowest BCUT2D eigenvalue weighted by molar-refractivity contribution is 0.208. The molecule has 4 nitrogen and oxygen atoms in total. The maximum absolute atomic E-state index is 9.89. The Hall–Kier alpha value is -2.71. The molecule has 0 fully saturated rings. The maximum Gasteiger partial charge on any atom is 0.205 e. The van der Waals surface area contributed by atoms with Crippen molar-refractivity contribution in [2.45, 2.75) is 25.8 Å². The third kappa shape index (κ3) is 4.36. The van der Waals surface area contributed by atoms with Gasteiger partial charge in [-0.05, 0) is 60.9 Å². The molecule has 4 rings (SSSR count). The molecule has 1 atom stereocenters. The van der Waals surface area contributed by atoms with Crippen molar-refractivity contribution in [3.05, 3.63) is 98.1 Å². The van der Waals surface area contributed by atoms with Crippen LogP contribution in [0.5, 0.6) is 0 Å². The predicted octanol–water partition coefficient (Wildman–Crippen LogP) is 5.86. The molecule has 2 aliphatic rings. The molecule has 0 aromatic heterocycles. The highest BCUT2D eigenvalue weighted by molar-refractivity contribution is 6.31. The molecular weight excluding hydrogens is 429 g/mol. The van der Waals surface area contributed by atoms with Gasteiger partial charge in [-0.3, -0.25) is 4.90 Å². The highest BCUT2D eigenvalue weighted by Crippen LogP contribution is 2.44. The molecular formula is C25H23Cl2N3O. The van der Waals surface area contributed by atoms with E-state index in [1.54, 1.807) is 0 Å². The van der Waals surface area contributed by atoms with Crippen LogP contribution in [0.1, 0.15) is 30.9 Å². The van der Waals surface area contributed by atoms with Crippen LogP contribution in [-0.4, -0.2) is 24.0 Å². The lowest BCUT2D eigenvalue weighted by Gasteiger charge is -2.40. The van der Waals surface area contributed by atoms with Gasteiger partial charge in [0.25, 0.3) is 0 Å². The maximum atomic E-state index is 9.89. The van der Waals surface area contributed by atoms with Crippen molar-refractivity contribution in [1.82, 2.24) is 4.90 Å². The Kier molecular flexibility index (Phi) is 6.11. The second-order valence-electron chi connectivity index (χ2n) is 8.06. The standard InChI is InChI=1S/C25H23Cl2N3O/c1-15(2)30-13-18(9-16-5-3-7-19(26)10-16)24-22(14-30)23(21(12-28)25(29)31-24)17-6-4-8-20(27)11-17/h3-11,15,23H,13-14,29H2,1-2H3. The van der Waals surface area contributed by atoms with Crippen LogP contribution in [0.25, 0.3) is 6.08 Å². The van der Waals surface area contributed by atoms with E-state index in [-0.39, 0.29) is 11.8 Å². The molecule has 158 valence electrons. The zero-order valence-corrected chi connectivity index (χ0v) is 18.9. The monoisotopic (exact) mass is 451 g/mol. The van der Waals surface area contributed by atoms with Crippen molar-refractivity contribution >= 4 is 29.3 Å². The fourth-order valence-electron chi connectivity index (χ4n) is 4.13. The number of nitrogens with two attached hydrogens (primary N) is 1. The summed E-state index contributed by atoms with van der Waals surface area (Å²) < 4.78 is 6.07. The van der Waals surface area contributed by atoms with Crippen LogP contribution in [0, 0.1) is 11.3 Å². The SMILES string of the molecule is CC(C)N1CC(=Cc2cccc(Cl)c2)C2=C(C1)C(c1cccc(Cl)c1)C(C#N)=C(N)O2. The molecule has 2 heterocycles. The van der Waals surface area contributed by atoms with Crippen LogP contribution in [-0.2, 0) is 4.74 Å². The first-order chi connectivity index (χ1) is 14.9. The van der Waals surface area contributed by atoms with Crippen molar-refractivity contribution in [1.29, 1.82) is 5.26 Å². The molecule has 0 radical (unpaired) electrons. The number of hydrogen-bond donors (Lipinski definition) is 1. The molecule has 2 N–H and O–H groups in total. The van der Waals surface area contributed by atoms with E-state index in [9.17, 15) is 5.26 Å². The first-order valence-corrected chi connectivity index (χ1v) is 10.9. The molecule has 1 unspecified atom stereocenters. The number of allylic oxidation sites excluding steroid dienone is 1. The van der Waals surface area contributed by atoms with Crippen LogP contribution in [0.2, 0.25) is 10.0 Å². The Bertz CT molecular complexity index is 1160. The van der Waals surface area contributed by atoms with Crippen LogP contribution >= 0.6 is 23.2 Å². The molecule has 0 spiro atoms. The van der Waals surface area contributed by atoms with Crippen molar-refractivity contribution in [2.24, 2.45) is 5.73 Å². The van der Waals surface area contributed by atoms with E-state index in [1.165, 1.54) is 0 Å². The molecule has 6 heteroatoms. The van der Waals surface area contributed by atoms with Gasteiger partial charge in [-0.25, -0.2) is 0 Å².